The Balaban J connectivity index is 1.79. The summed E-state index contributed by atoms with van der Waals surface area (Å²) in [6.07, 6.45) is 1.70. The Labute approximate surface area is 133 Å². The molecular weight excluding hydrogens is 334 g/mol. The van der Waals surface area contributed by atoms with Crippen molar-refractivity contribution in [1.82, 2.24) is 4.90 Å². The largest absolute Gasteiger partial charge is 0.492 e. The van der Waals surface area contributed by atoms with E-state index in [-0.39, 0.29) is 0 Å². The van der Waals surface area contributed by atoms with Crippen LogP contribution in [-0.4, -0.2) is 38.3 Å². The minimum Gasteiger partial charge on any atom is -0.492 e. The molecule has 4 nitrogen and oxygen atoms in total. The normalized spacial score (nSPS) is 11.0. The zero-order chi connectivity index (χ0) is 14.9. The molecule has 1 aromatic carbocycles. The van der Waals surface area contributed by atoms with Gasteiger partial charge < -0.3 is 13.9 Å². The summed E-state index contributed by atoms with van der Waals surface area (Å²) in [7, 11) is 1.71. The van der Waals surface area contributed by atoms with Crippen molar-refractivity contribution in [2.24, 2.45) is 0 Å². The number of ether oxygens (including phenoxy) is 2. The van der Waals surface area contributed by atoms with Crippen LogP contribution in [0.5, 0.6) is 5.75 Å². The Bertz CT molecular complexity index is 499. The van der Waals surface area contributed by atoms with Crippen molar-refractivity contribution in [3.8, 4) is 5.75 Å². The molecule has 2 rings (SSSR count). The van der Waals surface area contributed by atoms with Gasteiger partial charge in [-0.3, -0.25) is 4.90 Å². The minimum absolute atomic E-state index is 0.631. The quantitative estimate of drug-likeness (QED) is 0.690. The summed E-state index contributed by atoms with van der Waals surface area (Å²) in [6.45, 7) is 3.76. The maximum Gasteiger partial charge on any atom is 0.119 e. The highest BCUT2D eigenvalue weighted by molar-refractivity contribution is 9.10. The highest BCUT2D eigenvalue weighted by atomic mass is 79.9. The molecule has 0 aliphatic heterocycles. The first-order chi connectivity index (χ1) is 10.3. The molecule has 21 heavy (non-hydrogen) atoms. The van der Waals surface area contributed by atoms with Crippen molar-refractivity contribution in [2.75, 3.05) is 33.4 Å². The number of methoxy groups -OCH3 is 1. The Morgan fingerprint density at radius 3 is 2.52 bits per heavy atom. The number of nitrogens with zero attached hydrogens (tertiary/aromatic N) is 1. The molecule has 0 amide bonds. The van der Waals surface area contributed by atoms with Gasteiger partial charge in [0.05, 0.1) is 19.4 Å². The molecule has 0 aliphatic rings. The second-order valence-corrected chi connectivity index (χ2v) is 5.57. The molecule has 0 aliphatic carbocycles. The minimum atomic E-state index is 0.631. The molecule has 0 fully saturated rings. The number of furan rings is 1. The van der Waals surface area contributed by atoms with Gasteiger partial charge in [-0.1, -0.05) is 15.9 Å². The van der Waals surface area contributed by atoms with E-state index in [0.717, 1.165) is 35.6 Å². The highest BCUT2D eigenvalue weighted by Gasteiger charge is 2.08. The van der Waals surface area contributed by atoms with Crippen molar-refractivity contribution >= 4 is 15.9 Å². The predicted molar refractivity (Wildman–Crippen MR) is 85.5 cm³/mol. The average Bonchev–Trinajstić information content (AvgIpc) is 2.99. The number of hydrogen-bond donors (Lipinski definition) is 0. The average molecular weight is 354 g/mol. The Morgan fingerprint density at radius 2 is 1.86 bits per heavy atom. The van der Waals surface area contributed by atoms with E-state index in [1.54, 1.807) is 13.4 Å². The van der Waals surface area contributed by atoms with Gasteiger partial charge >= 0.3 is 0 Å². The Hall–Kier alpha value is -1.30. The van der Waals surface area contributed by atoms with Crippen LogP contribution in [0.4, 0.5) is 0 Å². The number of rotatable bonds is 9. The fourth-order valence-corrected chi connectivity index (χ4v) is 2.20. The lowest BCUT2D eigenvalue weighted by Crippen LogP contribution is -2.31. The van der Waals surface area contributed by atoms with Gasteiger partial charge in [-0.2, -0.15) is 0 Å². The summed E-state index contributed by atoms with van der Waals surface area (Å²) in [5.74, 6) is 1.83. The SMILES string of the molecule is COCCN(CCOc1ccc(Br)cc1)Cc1ccco1. The van der Waals surface area contributed by atoms with Crippen LogP contribution >= 0.6 is 15.9 Å². The molecule has 2 aromatic rings. The zero-order valence-electron chi connectivity index (χ0n) is 12.1. The summed E-state index contributed by atoms with van der Waals surface area (Å²) < 4.78 is 17.4. The lowest BCUT2D eigenvalue weighted by atomic mass is 10.3. The monoisotopic (exact) mass is 353 g/mol. The van der Waals surface area contributed by atoms with Crippen LogP contribution < -0.4 is 4.74 Å². The lowest BCUT2D eigenvalue weighted by Gasteiger charge is -2.20. The lowest BCUT2D eigenvalue weighted by molar-refractivity contribution is 0.126. The van der Waals surface area contributed by atoms with Gasteiger partial charge in [0.1, 0.15) is 18.1 Å². The molecule has 5 heteroatoms. The van der Waals surface area contributed by atoms with Crippen molar-refractivity contribution < 1.29 is 13.9 Å². The highest BCUT2D eigenvalue weighted by Crippen LogP contribution is 2.16. The van der Waals surface area contributed by atoms with E-state index in [9.17, 15) is 0 Å². The Morgan fingerprint density at radius 1 is 1.10 bits per heavy atom. The van der Waals surface area contributed by atoms with Crippen molar-refractivity contribution in [3.05, 3.63) is 52.9 Å². The molecule has 0 atom stereocenters. The molecular formula is C16H20BrNO3. The van der Waals surface area contributed by atoms with Crippen molar-refractivity contribution in [2.45, 2.75) is 6.54 Å². The van der Waals surface area contributed by atoms with E-state index in [1.165, 1.54) is 0 Å². The summed E-state index contributed by atoms with van der Waals surface area (Å²) in [6, 6.07) is 11.7. The smallest absolute Gasteiger partial charge is 0.119 e. The van der Waals surface area contributed by atoms with E-state index in [4.69, 9.17) is 13.9 Å². The van der Waals surface area contributed by atoms with Crippen LogP contribution in [0.15, 0.2) is 51.6 Å². The molecule has 114 valence electrons. The zero-order valence-corrected chi connectivity index (χ0v) is 13.7. The van der Waals surface area contributed by atoms with E-state index >= 15 is 0 Å². The van der Waals surface area contributed by atoms with Gasteiger partial charge in [0.15, 0.2) is 0 Å². The second kappa shape index (κ2) is 8.87. The Kier molecular flexibility index (Phi) is 6.79. The third-order valence-corrected chi connectivity index (χ3v) is 3.59. The van der Waals surface area contributed by atoms with Crippen molar-refractivity contribution in [3.63, 3.8) is 0 Å². The second-order valence-electron chi connectivity index (χ2n) is 4.65. The molecule has 0 bridgehead atoms. The van der Waals surface area contributed by atoms with Gasteiger partial charge in [-0.15, -0.1) is 0 Å². The summed E-state index contributed by atoms with van der Waals surface area (Å²) >= 11 is 3.41. The van der Waals surface area contributed by atoms with Crippen LogP contribution in [0.3, 0.4) is 0 Å². The van der Waals surface area contributed by atoms with Crippen LogP contribution in [0, 0.1) is 0 Å². The number of hydrogen-bond acceptors (Lipinski definition) is 4. The van der Waals surface area contributed by atoms with Gasteiger partial charge in [-0.05, 0) is 36.4 Å². The van der Waals surface area contributed by atoms with Crippen LogP contribution in [0.25, 0.3) is 0 Å². The molecule has 0 saturated carbocycles. The van der Waals surface area contributed by atoms with Crippen LogP contribution in [0.2, 0.25) is 0 Å². The molecule has 1 heterocycles. The maximum atomic E-state index is 5.76. The molecule has 1 aromatic heterocycles. The molecule has 0 N–H and O–H groups in total. The third kappa shape index (κ3) is 5.91. The van der Waals surface area contributed by atoms with Gasteiger partial charge in [0.2, 0.25) is 0 Å². The van der Waals surface area contributed by atoms with E-state index in [0.29, 0.717) is 13.2 Å². The summed E-state index contributed by atoms with van der Waals surface area (Å²) in [4.78, 5) is 2.25. The van der Waals surface area contributed by atoms with Gasteiger partial charge in [0.25, 0.3) is 0 Å². The number of benzene rings is 1. The van der Waals surface area contributed by atoms with Crippen LogP contribution in [0.1, 0.15) is 5.76 Å². The van der Waals surface area contributed by atoms with Gasteiger partial charge in [0, 0.05) is 24.7 Å². The third-order valence-electron chi connectivity index (χ3n) is 3.06. The fourth-order valence-electron chi connectivity index (χ4n) is 1.94. The topological polar surface area (TPSA) is 34.8 Å². The molecule has 0 unspecified atom stereocenters. The molecule has 0 saturated heterocycles. The first-order valence-electron chi connectivity index (χ1n) is 6.90. The first kappa shape index (κ1) is 16.1. The fraction of sp³-hybridized carbons (Fsp3) is 0.375. The van der Waals surface area contributed by atoms with Crippen LogP contribution in [-0.2, 0) is 11.3 Å². The van der Waals surface area contributed by atoms with E-state index in [2.05, 4.69) is 20.8 Å². The van der Waals surface area contributed by atoms with Crippen molar-refractivity contribution in [1.29, 1.82) is 0 Å². The maximum absolute atomic E-state index is 5.76. The van der Waals surface area contributed by atoms with E-state index in [1.807, 2.05) is 36.4 Å². The standard InChI is InChI=1S/C16H20BrNO3/c1-19-11-8-18(13-16-3-2-10-20-16)9-12-21-15-6-4-14(17)5-7-15/h2-7,10H,8-9,11-13H2,1H3. The van der Waals surface area contributed by atoms with Gasteiger partial charge in [-0.25, -0.2) is 0 Å². The predicted octanol–water partition coefficient (Wildman–Crippen LogP) is 3.57. The first-order valence-corrected chi connectivity index (χ1v) is 7.69. The molecule has 0 radical (unpaired) electrons. The summed E-state index contributed by atoms with van der Waals surface area (Å²) in [5, 5.41) is 0. The molecule has 0 spiro atoms. The number of halogens is 1. The van der Waals surface area contributed by atoms with E-state index < -0.39 is 0 Å². The summed E-state index contributed by atoms with van der Waals surface area (Å²) in [5.41, 5.74) is 0.